The molecule has 4 aromatic carbocycles. The van der Waals surface area contributed by atoms with E-state index in [0.717, 1.165) is 32.5 Å². The number of benzene rings is 4. The van der Waals surface area contributed by atoms with Crippen LogP contribution in [0.2, 0.25) is 0 Å². The van der Waals surface area contributed by atoms with E-state index < -0.39 is 11.7 Å². The van der Waals surface area contributed by atoms with Gasteiger partial charge in [0.1, 0.15) is 5.60 Å². The number of imidazole rings is 1. The van der Waals surface area contributed by atoms with Crippen molar-refractivity contribution in [2.24, 2.45) is 0 Å². The second-order valence-electron chi connectivity index (χ2n) is 12.8. The largest absolute Gasteiger partial charge is 0.443 e. The summed E-state index contributed by atoms with van der Waals surface area (Å²) in [4.78, 5) is 40.0. The Balaban J connectivity index is 0.000000186. The Morgan fingerprint density at radius 2 is 1.27 bits per heavy atom. The molecule has 6 rings (SSSR count). The van der Waals surface area contributed by atoms with Gasteiger partial charge in [-0.1, -0.05) is 84.9 Å². The predicted molar refractivity (Wildman–Crippen MR) is 182 cm³/mol. The van der Waals surface area contributed by atoms with Gasteiger partial charge >= 0.3 is 11.8 Å². The maximum absolute atomic E-state index is 13.1. The van der Waals surface area contributed by atoms with Crippen LogP contribution in [0.4, 0.5) is 10.5 Å². The summed E-state index contributed by atoms with van der Waals surface area (Å²) in [5, 5.41) is 0. The molecule has 0 aliphatic carbocycles. The number of hydrogen-bond donors (Lipinski definition) is 0. The van der Waals surface area contributed by atoms with Gasteiger partial charge in [-0.05, 0) is 82.9 Å². The molecule has 0 saturated heterocycles. The number of anilines is 1. The number of rotatable bonds is 4. The van der Waals surface area contributed by atoms with E-state index in [-0.39, 0.29) is 23.7 Å². The molecule has 0 unspecified atom stereocenters. The number of ether oxygens (including phenoxy) is 1. The first-order valence-corrected chi connectivity index (χ1v) is 15.4. The highest BCUT2D eigenvalue weighted by Crippen LogP contribution is 2.37. The van der Waals surface area contributed by atoms with Crippen molar-refractivity contribution in [1.82, 2.24) is 9.13 Å². The van der Waals surface area contributed by atoms with E-state index in [1.54, 1.807) is 25.3 Å². The number of aromatic nitrogens is 2. The van der Waals surface area contributed by atoms with E-state index in [1.165, 1.54) is 11.1 Å². The molecule has 0 atom stereocenters. The first-order chi connectivity index (χ1) is 21.4. The third kappa shape index (κ3) is 6.34. The second kappa shape index (κ2) is 12.6. The van der Waals surface area contributed by atoms with Gasteiger partial charge in [0.2, 0.25) is 5.91 Å². The van der Waals surface area contributed by atoms with Crippen LogP contribution < -0.4 is 10.6 Å². The van der Waals surface area contributed by atoms with Gasteiger partial charge in [0.15, 0.2) is 0 Å². The van der Waals surface area contributed by atoms with Gasteiger partial charge in [0.05, 0.1) is 17.5 Å². The smallest absolute Gasteiger partial charge is 0.423 e. The summed E-state index contributed by atoms with van der Waals surface area (Å²) in [5.41, 5.74) is 6.57. The Morgan fingerprint density at radius 1 is 0.711 bits per heavy atom. The van der Waals surface area contributed by atoms with E-state index in [9.17, 15) is 14.4 Å². The summed E-state index contributed by atoms with van der Waals surface area (Å²) in [6.45, 7) is 13.3. The van der Waals surface area contributed by atoms with E-state index in [0.29, 0.717) is 11.9 Å². The van der Waals surface area contributed by atoms with Crippen LogP contribution in [0.25, 0.3) is 33.3 Å². The standard InChI is InChI=1S/C21H24N2O3.C17H17NO/c1-14(2)22-17-13-9-12-16(15-10-7-6-8-11-15)18(17)23(19(22)24)20(25)26-21(3,4)5;1-12(2)18-16-10-6-9-14(15(16)11-17(18)19)13-7-4-3-5-8-13/h6-14H,1-5H3;3-10,12H,11H2,1-2H3. The maximum atomic E-state index is 13.1. The molecule has 0 radical (unpaired) electrons. The van der Waals surface area contributed by atoms with Gasteiger partial charge < -0.3 is 9.64 Å². The molecule has 1 amide bonds. The van der Waals surface area contributed by atoms with Crippen molar-refractivity contribution in [3.05, 3.63) is 113 Å². The molecule has 1 aromatic heterocycles. The van der Waals surface area contributed by atoms with Crippen LogP contribution in [0.5, 0.6) is 0 Å². The summed E-state index contributed by atoms with van der Waals surface area (Å²) >= 11 is 0. The van der Waals surface area contributed by atoms with Gasteiger partial charge in [-0.2, -0.15) is 4.57 Å². The highest BCUT2D eigenvalue weighted by Gasteiger charge is 2.31. The van der Waals surface area contributed by atoms with Crippen molar-refractivity contribution >= 4 is 28.7 Å². The van der Waals surface area contributed by atoms with Crippen molar-refractivity contribution < 1.29 is 14.3 Å². The molecule has 0 N–H and O–H groups in total. The molecule has 1 aliphatic heterocycles. The average molecular weight is 604 g/mol. The molecule has 7 heteroatoms. The molecule has 0 fully saturated rings. The predicted octanol–water partition coefficient (Wildman–Crippen LogP) is 8.49. The van der Waals surface area contributed by atoms with Crippen molar-refractivity contribution in [1.29, 1.82) is 0 Å². The van der Waals surface area contributed by atoms with E-state index in [2.05, 4.69) is 32.0 Å². The minimum Gasteiger partial charge on any atom is -0.443 e. The molecule has 0 bridgehead atoms. The van der Waals surface area contributed by atoms with E-state index in [4.69, 9.17) is 4.74 Å². The molecule has 1 aliphatic rings. The van der Waals surface area contributed by atoms with Crippen molar-refractivity contribution in [2.45, 2.75) is 72.6 Å². The fourth-order valence-electron chi connectivity index (χ4n) is 5.90. The Kier molecular flexibility index (Phi) is 8.82. The Bertz CT molecular complexity index is 1900. The zero-order valence-electron chi connectivity index (χ0n) is 27.1. The van der Waals surface area contributed by atoms with Crippen LogP contribution in [-0.4, -0.2) is 32.8 Å². The van der Waals surface area contributed by atoms with Crippen LogP contribution in [0.3, 0.4) is 0 Å². The topological polar surface area (TPSA) is 73.5 Å². The summed E-state index contributed by atoms with van der Waals surface area (Å²) in [6, 6.07) is 32.0. The van der Waals surface area contributed by atoms with Gasteiger partial charge in [0, 0.05) is 23.3 Å². The third-order valence-electron chi connectivity index (χ3n) is 7.68. The molecule has 0 spiro atoms. The zero-order valence-corrected chi connectivity index (χ0v) is 27.1. The van der Waals surface area contributed by atoms with Gasteiger partial charge in [-0.15, -0.1) is 0 Å². The van der Waals surface area contributed by atoms with Gasteiger partial charge in [0.25, 0.3) is 0 Å². The van der Waals surface area contributed by atoms with Crippen LogP contribution in [-0.2, 0) is 16.0 Å². The summed E-state index contributed by atoms with van der Waals surface area (Å²) < 4.78 is 8.29. The fourth-order valence-corrected chi connectivity index (χ4v) is 5.90. The molecule has 45 heavy (non-hydrogen) atoms. The average Bonchev–Trinajstić information content (AvgIpc) is 3.50. The SMILES string of the molecule is CC(C)N1C(=O)Cc2c(-c3ccccc3)cccc21.CC(C)n1c(=O)n(C(=O)OC(C)(C)C)c2c(-c3ccccc3)cccc21. The number of carbonyl (C=O) groups excluding carboxylic acids is 2. The molecule has 232 valence electrons. The lowest BCUT2D eigenvalue weighted by Gasteiger charge is -2.22. The molecular weight excluding hydrogens is 562 g/mol. The second-order valence-corrected chi connectivity index (χ2v) is 12.8. The Labute approximate surface area is 264 Å². The third-order valence-corrected chi connectivity index (χ3v) is 7.68. The normalized spacial score (nSPS) is 12.8. The molecular formula is C38H41N3O4. The number of nitrogens with zero attached hydrogens (tertiary/aromatic N) is 3. The lowest BCUT2D eigenvalue weighted by atomic mass is 9.98. The van der Waals surface area contributed by atoms with Crippen molar-refractivity contribution in [3.8, 4) is 22.3 Å². The van der Waals surface area contributed by atoms with E-state index >= 15 is 0 Å². The van der Waals surface area contributed by atoms with Crippen LogP contribution in [0.15, 0.2) is 102 Å². The lowest BCUT2D eigenvalue weighted by molar-refractivity contribution is -0.117. The molecule has 2 heterocycles. The number of hydrogen-bond acceptors (Lipinski definition) is 4. The summed E-state index contributed by atoms with van der Waals surface area (Å²) in [5.74, 6) is 0.202. The van der Waals surface area contributed by atoms with Gasteiger partial charge in [-0.3, -0.25) is 9.36 Å². The highest BCUT2D eigenvalue weighted by molar-refractivity contribution is 6.04. The monoisotopic (exact) mass is 603 g/mol. The quantitative estimate of drug-likeness (QED) is 0.207. The number of carbonyl (C=O) groups is 2. The van der Waals surface area contributed by atoms with Gasteiger partial charge in [-0.25, -0.2) is 9.59 Å². The highest BCUT2D eigenvalue weighted by atomic mass is 16.6. The van der Waals surface area contributed by atoms with Crippen molar-refractivity contribution in [3.63, 3.8) is 0 Å². The van der Waals surface area contributed by atoms with Crippen LogP contribution in [0.1, 0.15) is 60.1 Å². The summed E-state index contributed by atoms with van der Waals surface area (Å²) in [6.07, 6.45) is -0.145. The zero-order chi connectivity index (χ0) is 32.5. The maximum Gasteiger partial charge on any atom is 0.423 e. The fraction of sp³-hybridized carbons (Fsp3) is 0.289. The Hall–Kier alpha value is -4.91. The van der Waals surface area contributed by atoms with E-state index in [1.807, 2.05) is 97.6 Å². The first-order valence-electron chi connectivity index (χ1n) is 15.4. The Morgan fingerprint density at radius 3 is 1.82 bits per heavy atom. The first kappa shape index (κ1) is 31.5. The number of fused-ring (bicyclic) bond motifs is 2. The number of amides is 1. The van der Waals surface area contributed by atoms with Crippen LogP contribution in [0, 0.1) is 0 Å². The molecule has 5 aromatic rings. The minimum absolute atomic E-state index is 0.0836. The minimum atomic E-state index is -0.690. The lowest BCUT2D eigenvalue weighted by Crippen LogP contribution is -2.35. The summed E-state index contributed by atoms with van der Waals surface area (Å²) in [7, 11) is 0. The van der Waals surface area contributed by atoms with Crippen LogP contribution >= 0.6 is 0 Å². The number of para-hydroxylation sites is 1. The van der Waals surface area contributed by atoms with Crippen molar-refractivity contribution in [2.75, 3.05) is 4.90 Å². The molecule has 0 saturated carbocycles. The molecule has 7 nitrogen and oxygen atoms in total.